The topological polar surface area (TPSA) is 49.4 Å². The molecule has 0 aliphatic heterocycles. The van der Waals surface area contributed by atoms with Gasteiger partial charge in [-0.3, -0.25) is 9.59 Å². The van der Waals surface area contributed by atoms with Gasteiger partial charge in [-0.05, 0) is 44.9 Å². The van der Waals surface area contributed by atoms with Gasteiger partial charge in [-0.1, -0.05) is 71.9 Å². The van der Waals surface area contributed by atoms with E-state index in [0.29, 0.717) is 22.2 Å². The standard InChI is InChI=1S/C24H30Cl2N2O2/c1-5-6-10-27-24(30)18(4)28(15-20-21(25)8-7-9-22(20)26)23(29)14-19-12-16(2)11-17(3)13-19/h7-9,11-13,18H,5-6,10,14-15H2,1-4H3,(H,27,30)/t18-/m1/s1. The lowest BCUT2D eigenvalue weighted by Crippen LogP contribution is -2.48. The van der Waals surface area contributed by atoms with Crippen LogP contribution < -0.4 is 5.32 Å². The van der Waals surface area contributed by atoms with Crippen LogP contribution in [0.5, 0.6) is 0 Å². The molecule has 2 aromatic rings. The molecule has 162 valence electrons. The van der Waals surface area contributed by atoms with Gasteiger partial charge in [0.1, 0.15) is 6.04 Å². The number of aryl methyl sites for hydroxylation is 2. The number of carbonyl (C=O) groups excluding carboxylic acids is 2. The number of benzene rings is 2. The molecular weight excluding hydrogens is 419 g/mol. The van der Waals surface area contributed by atoms with Crippen LogP contribution in [0, 0.1) is 13.8 Å². The van der Waals surface area contributed by atoms with Crippen molar-refractivity contribution in [2.75, 3.05) is 6.54 Å². The van der Waals surface area contributed by atoms with E-state index in [9.17, 15) is 9.59 Å². The highest BCUT2D eigenvalue weighted by molar-refractivity contribution is 6.36. The Labute approximate surface area is 189 Å². The van der Waals surface area contributed by atoms with E-state index in [4.69, 9.17) is 23.2 Å². The molecule has 30 heavy (non-hydrogen) atoms. The van der Waals surface area contributed by atoms with Crippen molar-refractivity contribution >= 4 is 35.0 Å². The monoisotopic (exact) mass is 448 g/mol. The zero-order chi connectivity index (χ0) is 22.3. The molecule has 0 radical (unpaired) electrons. The molecule has 4 nitrogen and oxygen atoms in total. The molecule has 0 bridgehead atoms. The summed E-state index contributed by atoms with van der Waals surface area (Å²) in [7, 11) is 0. The van der Waals surface area contributed by atoms with Gasteiger partial charge in [0.15, 0.2) is 0 Å². The summed E-state index contributed by atoms with van der Waals surface area (Å²) in [6.45, 7) is 8.58. The fourth-order valence-corrected chi connectivity index (χ4v) is 3.94. The van der Waals surface area contributed by atoms with E-state index in [1.165, 1.54) is 0 Å². The maximum absolute atomic E-state index is 13.3. The Balaban J connectivity index is 2.29. The summed E-state index contributed by atoms with van der Waals surface area (Å²) >= 11 is 12.7. The smallest absolute Gasteiger partial charge is 0.242 e. The summed E-state index contributed by atoms with van der Waals surface area (Å²) < 4.78 is 0. The molecule has 2 amide bonds. The van der Waals surface area contributed by atoms with Crippen LogP contribution in [0.1, 0.15) is 48.9 Å². The van der Waals surface area contributed by atoms with Gasteiger partial charge in [-0.2, -0.15) is 0 Å². The van der Waals surface area contributed by atoms with E-state index >= 15 is 0 Å². The number of nitrogens with one attached hydrogen (secondary N) is 1. The van der Waals surface area contributed by atoms with Crippen molar-refractivity contribution in [1.29, 1.82) is 0 Å². The predicted octanol–water partition coefficient (Wildman–Crippen LogP) is 5.49. The Morgan fingerprint density at radius 3 is 2.23 bits per heavy atom. The first-order valence-corrected chi connectivity index (χ1v) is 11.1. The minimum absolute atomic E-state index is 0.144. The SMILES string of the molecule is CCCCNC(=O)[C@@H](C)N(Cc1c(Cl)cccc1Cl)C(=O)Cc1cc(C)cc(C)c1. The second-order valence-electron chi connectivity index (χ2n) is 7.72. The summed E-state index contributed by atoms with van der Waals surface area (Å²) in [5.41, 5.74) is 3.77. The van der Waals surface area contributed by atoms with Crippen molar-refractivity contribution in [2.24, 2.45) is 0 Å². The van der Waals surface area contributed by atoms with Crippen LogP contribution in [-0.4, -0.2) is 29.3 Å². The molecule has 1 N–H and O–H groups in total. The van der Waals surface area contributed by atoms with Gasteiger partial charge in [0, 0.05) is 28.7 Å². The van der Waals surface area contributed by atoms with Gasteiger partial charge in [0.25, 0.3) is 0 Å². The highest BCUT2D eigenvalue weighted by Crippen LogP contribution is 2.27. The largest absolute Gasteiger partial charge is 0.354 e. The van der Waals surface area contributed by atoms with E-state index < -0.39 is 6.04 Å². The minimum Gasteiger partial charge on any atom is -0.354 e. The van der Waals surface area contributed by atoms with Crippen LogP contribution in [0.15, 0.2) is 36.4 Å². The molecule has 6 heteroatoms. The molecule has 0 heterocycles. The third-order valence-electron chi connectivity index (χ3n) is 5.02. The van der Waals surface area contributed by atoms with Gasteiger partial charge in [0.2, 0.25) is 11.8 Å². The first-order valence-electron chi connectivity index (χ1n) is 10.3. The maximum atomic E-state index is 13.3. The second-order valence-corrected chi connectivity index (χ2v) is 8.53. The van der Waals surface area contributed by atoms with Crippen molar-refractivity contribution < 1.29 is 9.59 Å². The Morgan fingerprint density at radius 1 is 1.07 bits per heavy atom. The van der Waals surface area contributed by atoms with Crippen molar-refractivity contribution in [3.05, 3.63) is 68.7 Å². The third-order valence-corrected chi connectivity index (χ3v) is 5.73. The van der Waals surface area contributed by atoms with Crippen LogP contribution >= 0.6 is 23.2 Å². The first kappa shape index (κ1) is 24.2. The van der Waals surface area contributed by atoms with Crippen LogP contribution in [0.3, 0.4) is 0 Å². The van der Waals surface area contributed by atoms with Gasteiger partial charge in [0.05, 0.1) is 6.42 Å². The molecule has 0 saturated heterocycles. The summed E-state index contributed by atoms with van der Waals surface area (Å²) in [5.74, 6) is -0.325. The molecular formula is C24H30Cl2N2O2. The fraction of sp³-hybridized carbons (Fsp3) is 0.417. The third kappa shape index (κ3) is 6.75. The fourth-order valence-electron chi connectivity index (χ4n) is 3.42. The molecule has 0 aliphatic rings. The van der Waals surface area contributed by atoms with Gasteiger partial charge >= 0.3 is 0 Å². The zero-order valence-electron chi connectivity index (χ0n) is 18.1. The number of halogens is 2. The van der Waals surface area contributed by atoms with Crippen LogP contribution in [0.4, 0.5) is 0 Å². The number of nitrogens with zero attached hydrogens (tertiary/aromatic N) is 1. The van der Waals surface area contributed by atoms with Crippen molar-refractivity contribution in [3.8, 4) is 0 Å². The Kier molecular flexibility index (Phi) is 9.19. The van der Waals surface area contributed by atoms with Crippen LogP contribution in [-0.2, 0) is 22.6 Å². The lowest BCUT2D eigenvalue weighted by Gasteiger charge is -2.29. The zero-order valence-corrected chi connectivity index (χ0v) is 19.6. The molecule has 1 atom stereocenters. The molecule has 2 aromatic carbocycles. The van der Waals surface area contributed by atoms with Gasteiger partial charge in [-0.25, -0.2) is 0 Å². The number of hydrogen-bond acceptors (Lipinski definition) is 2. The molecule has 2 rings (SSSR count). The Morgan fingerprint density at radius 2 is 1.67 bits per heavy atom. The van der Waals surface area contributed by atoms with Crippen molar-refractivity contribution in [1.82, 2.24) is 10.2 Å². The number of hydrogen-bond donors (Lipinski definition) is 1. The number of amides is 2. The maximum Gasteiger partial charge on any atom is 0.242 e. The summed E-state index contributed by atoms with van der Waals surface area (Å²) in [6.07, 6.45) is 2.09. The van der Waals surface area contributed by atoms with E-state index in [2.05, 4.69) is 18.3 Å². The Bertz CT molecular complexity index is 858. The van der Waals surface area contributed by atoms with Gasteiger partial charge in [-0.15, -0.1) is 0 Å². The number of rotatable bonds is 9. The average Bonchev–Trinajstić information content (AvgIpc) is 2.66. The summed E-state index contributed by atoms with van der Waals surface area (Å²) in [5, 5.41) is 3.87. The molecule has 0 aromatic heterocycles. The summed E-state index contributed by atoms with van der Waals surface area (Å²) in [6, 6.07) is 10.7. The second kappa shape index (κ2) is 11.4. The molecule has 0 unspecified atom stereocenters. The van der Waals surface area contributed by atoms with E-state index in [-0.39, 0.29) is 24.8 Å². The lowest BCUT2D eigenvalue weighted by molar-refractivity contribution is -0.140. The van der Waals surface area contributed by atoms with E-state index in [1.807, 2.05) is 26.0 Å². The van der Waals surface area contributed by atoms with Crippen LogP contribution in [0.2, 0.25) is 10.0 Å². The normalized spacial score (nSPS) is 11.8. The quantitative estimate of drug-likeness (QED) is 0.515. The van der Waals surface area contributed by atoms with Crippen molar-refractivity contribution in [3.63, 3.8) is 0 Å². The molecule has 0 saturated carbocycles. The molecule has 0 spiro atoms. The van der Waals surface area contributed by atoms with Gasteiger partial charge < -0.3 is 10.2 Å². The van der Waals surface area contributed by atoms with E-state index in [0.717, 1.165) is 29.5 Å². The number of carbonyl (C=O) groups is 2. The Hall–Kier alpha value is -2.04. The highest BCUT2D eigenvalue weighted by Gasteiger charge is 2.27. The lowest BCUT2D eigenvalue weighted by atomic mass is 10.0. The number of unbranched alkanes of at least 4 members (excludes halogenated alkanes) is 1. The molecule has 0 aliphatic carbocycles. The van der Waals surface area contributed by atoms with Crippen molar-refractivity contribution in [2.45, 2.75) is 59.5 Å². The van der Waals surface area contributed by atoms with Crippen LogP contribution in [0.25, 0.3) is 0 Å². The predicted molar refractivity (Wildman–Crippen MR) is 124 cm³/mol. The minimum atomic E-state index is -0.646. The first-order chi connectivity index (χ1) is 14.2. The average molecular weight is 449 g/mol. The molecule has 0 fully saturated rings. The summed E-state index contributed by atoms with van der Waals surface area (Å²) in [4.78, 5) is 27.6. The van der Waals surface area contributed by atoms with E-state index in [1.54, 1.807) is 30.0 Å². The highest BCUT2D eigenvalue weighted by atomic mass is 35.5.